The average Bonchev–Trinajstić information content (AvgIpc) is 2.96. The van der Waals surface area contributed by atoms with Gasteiger partial charge in [-0.05, 0) is 24.3 Å². The second kappa shape index (κ2) is 5.60. The van der Waals surface area contributed by atoms with Crippen LogP contribution in [0.4, 0.5) is 0 Å². The number of thiophene rings is 1. The van der Waals surface area contributed by atoms with Crippen LogP contribution < -0.4 is 4.72 Å². The van der Waals surface area contributed by atoms with Crippen molar-refractivity contribution in [2.45, 2.75) is 25.5 Å². The van der Waals surface area contributed by atoms with Gasteiger partial charge in [0, 0.05) is 25.0 Å². The fourth-order valence-electron chi connectivity index (χ4n) is 2.23. The Morgan fingerprint density at radius 2 is 2.26 bits per heavy atom. The summed E-state index contributed by atoms with van der Waals surface area (Å²) in [5, 5.41) is 3.26. The highest BCUT2D eigenvalue weighted by atomic mass is 32.2. The summed E-state index contributed by atoms with van der Waals surface area (Å²) in [6.07, 6.45) is 0.504. The smallest absolute Gasteiger partial charge is 0.255 e. The molecule has 7 heteroatoms. The van der Waals surface area contributed by atoms with Gasteiger partial charge in [0.25, 0.3) is 5.91 Å². The first-order valence-electron chi connectivity index (χ1n) is 6.26. The molecule has 1 aliphatic heterocycles. The first kappa shape index (κ1) is 14.5. The van der Waals surface area contributed by atoms with E-state index in [1.165, 1.54) is 11.3 Å². The van der Waals surface area contributed by atoms with Gasteiger partial charge >= 0.3 is 0 Å². The number of amides is 1. The fraction of sp³-hybridized carbons (Fsp3) is 0.583. The molecule has 0 unspecified atom stereocenters. The van der Waals surface area contributed by atoms with Gasteiger partial charge in [-0.1, -0.05) is 6.92 Å². The number of nitrogens with zero attached hydrogens (tertiary/aromatic N) is 1. The van der Waals surface area contributed by atoms with Crippen LogP contribution in [-0.4, -0.2) is 44.1 Å². The molecule has 0 aromatic carbocycles. The zero-order valence-electron chi connectivity index (χ0n) is 11.0. The molecule has 1 amide bonds. The van der Waals surface area contributed by atoms with Crippen molar-refractivity contribution >= 4 is 27.3 Å². The summed E-state index contributed by atoms with van der Waals surface area (Å²) in [6, 6.07) is 0. The van der Waals surface area contributed by atoms with Crippen molar-refractivity contribution in [1.82, 2.24) is 9.62 Å². The van der Waals surface area contributed by atoms with Crippen LogP contribution in [0.15, 0.2) is 10.8 Å². The van der Waals surface area contributed by atoms with E-state index in [1.807, 2.05) is 17.7 Å². The van der Waals surface area contributed by atoms with Crippen LogP contribution in [0.25, 0.3) is 0 Å². The monoisotopic (exact) mass is 302 g/mol. The largest absolute Gasteiger partial charge is 0.337 e. The lowest BCUT2D eigenvalue weighted by atomic mass is 10.2. The minimum atomic E-state index is -3.30. The summed E-state index contributed by atoms with van der Waals surface area (Å²) in [4.78, 5) is 13.9. The number of aryl methyl sites for hydroxylation is 1. The number of carbonyl (C=O) groups is 1. The van der Waals surface area contributed by atoms with E-state index in [4.69, 9.17) is 0 Å². The molecular weight excluding hydrogens is 284 g/mol. The van der Waals surface area contributed by atoms with Crippen molar-refractivity contribution in [1.29, 1.82) is 0 Å². The lowest BCUT2D eigenvalue weighted by Crippen LogP contribution is -2.37. The van der Waals surface area contributed by atoms with Gasteiger partial charge in [-0.2, -0.15) is 11.3 Å². The molecule has 1 aromatic heterocycles. The summed E-state index contributed by atoms with van der Waals surface area (Å²) in [5.41, 5.74) is 1.64. The third-order valence-corrected chi connectivity index (χ3v) is 6.12. The minimum absolute atomic E-state index is 0.0621. The van der Waals surface area contributed by atoms with Crippen LogP contribution >= 0.6 is 11.3 Å². The van der Waals surface area contributed by atoms with Crippen LogP contribution in [-0.2, 0) is 10.0 Å². The first-order valence-corrected chi connectivity index (χ1v) is 8.75. The number of hydrogen-bond donors (Lipinski definition) is 1. The molecule has 1 saturated heterocycles. The standard InChI is InChI=1S/C12H18N2O3S2/c1-3-13-19(16,17)10-4-5-14(6-10)12(15)11-8-18-7-9(11)2/h7-8,10,13H,3-6H2,1-2H3/t10-/m1/s1. The molecule has 0 radical (unpaired) electrons. The Hall–Kier alpha value is -0.920. The number of hydrogen-bond acceptors (Lipinski definition) is 4. The fourth-order valence-corrected chi connectivity index (χ4v) is 4.49. The van der Waals surface area contributed by atoms with E-state index in [1.54, 1.807) is 11.8 Å². The van der Waals surface area contributed by atoms with Gasteiger partial charge in [0.2, 0.25) is 10.0 Å². The van der Waals surface area contributed by atoms with E-state index in [2.05, 4.69) is 4.72 Å². The van der Waals surface area contributed by atoms with Gasteiger partial charge in [0.1, 0.15) is 0 Å². The molecule has 2 heterocycles. The van der Waals surface area contributed by atoms with Crippen LogP contribution in [0.2, 0.25) is 0 Å². The third-order valence-electron chi connectivity index (χ3n) is 3.30. The van der Waals surface area contributed by atoms with Gasteiger partial charge in [-0.15, -0.1) is 0 Å². The molecule has 0 saturated carbocycles. The Morgan fingerprint density at radius 3 is 2.84 bits per heavy atom. The molecule has 1 fully saturated rings. The molecule has 1 aliphatic rings. The van der Waals surface area contributed by atoms with Gasteiger partial charge < -0.3 is 4.90 Å². The zero-order valence-corrected chi connectivity index (χ0v) is 12.7. The topological polar surface area (TPSA) is 66.5 Å². The highest BCUT2D eigenvalue weighted by Crippen LogP contribution is 2.21. The van der Waals surface area contributed by atoms with Crippen molar-refractivity contribution < 1.29 is 13.2 Å². The summed E-state index contributed by atoms with van der Waals surface area (Å²) >= 11 is 1.49. The normalized spacial score (nSPS) is 19.9. The van der Waals surface area contributed by atoms with E-state index in [0.717, 1.165) is 5.56 Å². The summed E-state index contributed by atoms with van der Waals surface area (Å²) in [7, 11) is -3.30. The molecule has 1 atom stereocenters. The Balaban J connectivity index is 2.07. The number of rotatable bonds is 4. The third kappa shape index (κ3) is 2.98. The number of nitrogens with one attached hydrogen (secondary N) is 1. The highest BCUT2D eigenvalue weighted by Gasteiger charge is 2.35. The van der Waals surface area contributed by atoms with E-state index < -0.39 is 15.3 Å². The van der Waals surface area contributed by atoms with Crippen LogP contribution in [0, 0.1) is 6.92 Å². The van der Waals surface area contributed by atoms with Crippen LogP contribution in [0.5, 0.6) is 0 Å². The van der Waals surface area contributed by atoms with Crippen LogP contribution in [0.3, 0.4) is 0 Å². The number of sulfonamides is 1. The van der Waals surface area contributed by atoms with Crippen molar-refractivity contribution in [3.8, 4) is 0 Å². The molecular formula is C12H18N2O3S2. The van der Waals surface area contributed by atoms with Gasteiger partial charge in [0.15, 0.2) is 0 Å². The van der Waals surface area contributed by atoms with E-state index >= 15 is 0 Å². The summed E-state index contributed by atoms with van der Waals surface area (Å²) in [5.74, 6) is -0.0621. The maximum atomic E-state index is 12.3. The summed E-state index contributed by atoms with van der Waals surface area (Å²) < 4.78 is 26.3. The second-order valence-electron chi connectivity index (χ2n) is 4.67. The molecule has 1 aromatic rings. The van der Waals surface area contributed by atoms with Gasteiger partial charge in [-0.3, -0.25) is 4.79 Å². The quantitative estimate of drug-likeness (QED) is 0.909. The predicted molar refractivity (Wildman–Crippen MR) is 76.0 cm³/mol. The maximum absolute atomic E-state index is 12.3. The van der Waals surface area contributed by atoms with Crippen molar-refractivity contribution in [2.24, 2.45) is 0 Å². The SMILES string of the molecule is CCNS(=O)(=O)[C@@H]1CCN(C(=O)c2cscc2C)C1. The predicted octanol–water partition coefficient (Wildman–Crippen LogP) is 1.21. The van der Waals surface area contributed by atoms with Gasteiger partial charge in [0.05, 0.1) is 10.8 Å². The number of likely N-dealkylation sites (tertiary alicyclic amines) is 1. The Labute approximate surface area is 117 Å². The van der Waals surface area contributed by atoms with E-state index in [9.17, 15) is 13.2 Å². The van der Waals surface area contributed by atoms with E-state index in [-0.39, 0.29) is 12.5 Å². The second-order valence-corrected chi connectivity index (χ2v) is 7.46. The lowest BCUT2D eigenvalue weighted by Gasteiger charge is -2.16. The Morgan fingerprint density at radius 1 is 1.53 bits per heavy atom. The minimum Gasteiger partial charge on any atom is -0.337 e. The molecule has 0 aliphatic carbocycles. The molecule has 106 valence electrons. The first-order chi connectivity index (χ1) is 8.95. The Kier molecular flexibility index (Phi) is 4.27. The molecule has 0 spiro atoms. The Bertz CT molecular complexity index is 565. The lowest BCUT2D eigenvalue weighted by molar-refractivity contribution is 0.0793. The van der Waals surface area contributed by atoms with Crippen molar-refractivity contribution in [2.75, 3.05) is 19.6 Å². The highest BCUT2D eigenvalue weighted by molar-refractivity contribution is 7.90. The molecule has 19 heavy (non-hydrogen) atoms. The molecule has 1 N–H and O–H groups in total. The van der Waals surface area contributed by atoms with E-state index in [0.29, 0.717) is 25.1 Å². The van der Waals surface area contributed by atoms with Gasteiger partial charge in [-0.25, -0.2) is 13.1 Å². The average molecular weight is 302 g/mol. The zero-order chi connectivity index (χ0) is 14.0. The molecule has 5 nitrogen and oxygen atoms in total. The molecule has 0 bridgehead atoms. The molecule has 2 rings (SSSR count). The number of carbonyl (C=O) groups excluding carboxylic acids is 1. The van der Waals surface area contributed by atoms with Crippen molar-refractivity contribution in [3.63, 3.8) is 0 Å². The van der Waals surface area contributed by atoms with Crippen molar-refractivity contribution in [3.05, 3.63) is 21.9 Å². The van der Waals surface area contributed by atoms with Crippen LogP contribution in [0.1, 0.15) is 29.3 Å². The maximum Gasteiger partial charge on any atom is 0.255 e. The summed E-state index contributed by atoms with van der Waals surface area (Å²) in [6.45, 7) is 4.82.